The molecule has 0 aromatic heterocycles. The van der Waals surface area contributed by atoms with Gasteiger partial charge >= 0.3 is 0 Å². The average molecular weight is 270 g/mol. The van der Waals surface area contributed by atoms with E-state index >= 15 is 0 Å². The van der Waals surface area contributed by atoms with Crippen LogP contribution in [0.1, 0.15) is 24.5 Å². The van der Waals surface area contributed by atoms with Crippen LogP contribution in [0, 0.1) is 17.6 Å². The SMILES string of the molecule is NC(=O)C1CC(NCC(O)c2ccc(F)c(F)c2)C1. The summed E-state index contributed by atoms with van der Waals surface area (Å²) in [4.78, 5) is 10.8. The molecule has 2 rings (SSSR count). The minimum atomic E-state index is -0.978. The van der Waals surface area contributed by atoms with Crippen molar-refractivity contribution < 1.29 is 18.7 Å². The number of nitrogens with two attached hydrogens (primary N) is 1. The van der Waals surface area contributed by atoms with Crippen molar-refractivity contribution in [2.24, 2.45) is 11.7 Å². The third-order valence-electron chi connectivity index (χ3n) is 3.47. The Morgan fingerprint density at radius 2 is 2.11 bits per heavy atom. The zero-order valence-corrected chi connectivity index (χ0v) is 10.3. The van der Waals surface area contributed by atoms with E-state index in [4.69, 9.17) is 5.73 Å². The zero-order valence-electron chi connectivity index (χ0n) is 10.3. The standard InChI is InChI=1S/C13H16F2N2O2/c14-10-2-1-7(5-11(10)15)12(18)6-17-9-3-8(4-9)13(16)19/h1-2,5,8-9,12,17-18H,3-4,6H2,(H2,16,19). The number of primary amides is 1. The largest absolute Gasteiger partial charge is 0.387 e. The highest BCUT2D eigenvalue weighted by Gasteiger charge is 2.32. The van der Waals surface area contributed by atoms with Crippen LogP contribution in [0.3, 0.4) is 0 Å². The molecule has 19 heavy (non-hydrogen) atoms. The molecule has 0 radical (unpaired) electrons. The lowest BCUT2D eigenvalue weighted by Crippen LogP contribution is -2.47. The summed E-state index contributed by atoms with van der Waals surface area (Å²) in [6, 6.07) is 3.45. The molecule has 1 aliphatic carbocycles. The summed E-state index contributed by atoms with van der Waals surface area (Å²) < 4.78 is 25.7. The number of carbonyl (C=O) groups is 1. The maximum Gasteiger partial charge on any atom is 0.220 e. The highest BCUT2D eigenvalue weighted by atomic mass is 19.2. The van der Waals surface area contributed by atoms with E-state index < -0.39 is 17.7 Å². The van der Waals surface area contributed by atoms with E-state index in [-0.39, 0.29) is 24.4 Å². The van der Waals surface area contributed by atoms with Gasteiger partial charge in [-0.05, 0) is 30.5 Å². The molecule has 1 aromatic rings. The van der Waals surface area contributed by atoms with Crippen LogP contribution in [0.2, 0.25) is 0 Å². The van der Waals surface area contributed by atoms with Crippen molar-refractivity contribution >= 4 is 5.91 Å². The molecule has 0 spiro atoms. The van der Waals surface area contributed by atoms with E-state index in [1.54, 1.807) is 0 Å². The van der Waals surface area contributed by atoms with Crippen molar-refractivity contribution in [3.05, 3.63) is 35.4 Å². The van der Waals surface area contributed by atoms with Gasteiger partial charge in [0, 0.05) is 18.5 Å². The van der Waals surface area contributed by atoms with Gasteiger partial charge in [-0.1, -0.05) is 6.07 Å². The summed E-state index contributed by atoms with van der Waals surface area (Å²) in [5, 5.41) is 12.9. The summed E-state index contributed by atoms with van der Waals surface area (Å²) in [5.41, 5.74) is 5.46. The van der Waals surface area contributed by atoms with Gasteiger partial charge in [-0.15, -0.1) is 0 Å². The summed E-state index contributed by atoms with van der Waals surface area (Å²) in [7, 11) is 0. The van der Waals surface area contributed by atoms with E-state index in [2.05, 4.69) is 5.32 Å². The van der Waals surface area contributed by atoms with Crippen LogP contribution in [0.5, 0.6) is 0 Å². The van der Waals surface area contributed by atoms with Crippen LogP contribution in [0.25, 0.3) is 0 Å². The second-order valence-corrected chi connectivity index (χ2v) is 4.87. The normalized spacial score (nSPS) is 23.7. The molecule has 4 nitrogen and oxygen atoms in total. The maximum absolute atomic E-state index is 13.0. The fraction of sp³-hybridized carbons (Fsp3) is 0.462. The molecule has 0 aliphatic heterocycles. The van der Waals surface area contributed by atoms with E-state index in [1.165, 1.54) is 6.07 Å². The number of carbonyl (C=O) groups excluding carboxylic acids is 1. The smallest absolute Gasteiger partial charge is 0.220 e. The Balaban J connectivity index is 1.80. The first-order valence-electron chi connectivity index (χ1n) is 6.13. The summed E-state index contributed by atoms with van der Waals surface area (Å²) in [6.45, 7) is 0.223. The van der Waals surface area contributed by atoms with Crippen LogP contribution in [-0.2, 0) is 4.79 Å². The first-order chi connectivity index (χ1) is 8.97. The Bertz CT molecular complexity index is 476. The topological polar surface area (TPSA) is 75.4 Å². The summed E-state index contributed by atoms with van der Waals surface area (Å²) in [6.07, 6.45) is 0.391. The van der Waals surface area contributed by atoms with Crippen LogP contribution >= 0.6 is 0 Å². The number of amides is 1. The number of nitrogens with one attached hydrogen (secondary N) is 1. The summed E-state index contributed by atoms with van der Waals surface area (Å²) >= 11 is 0. The fourth-order valence-corrected chi connectivity index (χ4v) is 2.13. The van der Waals surface area contributed by atoms with E-state index in [9.17, 15) is 18.7 Å². The van der Waals surface area contributed by atoms with Gasteiger partial charge in [0.25, 0.3) is 0 Å². The zero-order chi connectivity index (χ0) is 14.0. The monoisotopic (exact) mass is 270 g/mol. The lowest BCUT2D eigenvalue weighted by molar-refractivity contribution is -0.124. The molecule has 0 bridgehead atoms. The molecule has 1 aromatic carbocycles. The Labute approximate surface area is 109 Å². The van der Waals surface area contributed by atoms with Gasteiger partial charge in [0.1, 0.15) is 0 Å². The Morgan fingerprint density at radius 1 is 1.42 bits per heavy atom. The molecule has 1 fully saturated rings. The number of benzene rings is 1. The molecule has 104 valence electrons. The van der Waals surface area contributed by atoms with Gasteiger partial charge in [0.05, 0.1) is 6.10 Å². The van der Waals surface area contributed by atoms with E-state index in [1.807, 2.05) is 0 Å². The van der Waals surface area contributed by atoms with E-state index in [0.29, 0.717) is 18.4 Å². The molecule has 0 heterocycles. The molecular formula is C13H16F2N2O2. The van der Waals surface area contributed by atoms with Gasteiger partial charge < -0.3 is 16.2 Å². The number of hydrogen-bond donors (Lipinski definition) is 3. The Morgan fingerprint density at radius 3 is 2.68 bits per heavy atom. The van der Waals surface area contributed by atoms with Gasteiger partial charge in [0.2, 0.25) is 5.91 Å². The molecule has 1 atom stereocenters. The first kappa shape index (κ1) is 13.9. The minimum Gasteiger partial charge on any atom is -0.387 e. The molecule has 1 amide bonds. The van der Waals surface area contributed by atoms with Gasteiger partial charge in [-0.3, -0.25) is 4.79 Å². The number of halogens is 2. The summed E-state index contributed by atoms with van der Waals surface area (Å²) in [5.74, 6) is -2.32. The quantitative estimate of drug-likeness (QED) is 0.742. The second-order valence-electron chi connectivity index (χ2n) is 4.87. The van der Waals surface area contributed by atoms with Crippen LogP contribution in [0.4, 0.5) is 8.78 Å². The van der Waals surface area contributed by atoms with Crippen molar-refractivity contribution in [3.8, 4) is 0 Å². The highest BCUT2D eigenvalue weighted by molar-refractivity contribution is 5.77. The number of hydrogen-bond acceptors (Lipinski definition) is 3. The van der Waals surface area contributed by atoms with Crippen molar-refractivity contribution in [2.45, 2.75) is 25.0 Å². The highest BCUT2D eigenvalue weighted by Crippen LogP contribution is 2.27. The average Bonchev–Trinajstić information content (AvgIpc) is 2.29. The van der Waals surface area contributed by atoms with Crippen molar-refractivity contribution in [1.82, 2.24) is 5.32 Å². The third kappa shape index (κ3) is 3.27. The van der Waals surface area contributed by atoms with Gasteiger partial charge in [0.15, 0.2) is 11.6 Å². The maximum atomic E-state index is 13.0. The van der Waals surface area contributed by atoms with Crippen LogP contribution in [0.15, 0.2) is 18.2 Å². The first-order valence-corrected chi connectivity index (χ1v) is 6.13. The lowest BCUT2D eigenvalue weighted by Gasteiger charge is -2.34. The Hall–Kier alpha value is -1.53. The molecule has 4 N–H and O–H groups in total. The molecule has 0 saturated heterocycles. The predicted octanol–water partition coefficient (Wildman–Crippen LogP) is 0.852. The number of aliphatic hydroxyl groups excluding tert-OH is 1. The molecule has 1 unspecified atom stereocenters. The van der Waals surface area contributed by atoms with Crippen LogP contribution < -0.4 is 11.1 Å². The fourth-order valence-electron chi connectivity index (χ4n) is 2.13. The molecule has 1 aliphatic rings. The molecular weight excluding hydrogens is 254 g/mol. The van der Waals surface area contributed by atoms with Crippen molar-refractivity contribution in [1.29, 1.82) is 0 Å². The van der Waals surface area contributed by atoms with Crippen molar-refractivity contribution in [2.75, 3.05) is 6.54 Å². The lowest BCUT2D eigenvalue weighted by atomic mass is 9.80. The minimum absolute atomic E-state index is 0.0992. The molecule has 6 heteroatoms. The number of rotatable bonds is 5. The van der Waals surface area contributed by atoms with Gasteiger partial charge in [-0.25, -0.2) is 8.78 Å². The number of aliphatic hydroxyl groups is 1. The van der Waals surface area contributed by atoms with Gasteiger partial charge in [-0.2, -0.15) is 0 Å². The third-order valence-corrected chi connectivity index (χ3v) is 3.47. The van der Waals surface area contributed by atoms with Crippen LogP contribution in [-0.4, -0.2) is 23.6 Å². The Kier molecular flexibility index (Phi) is 4.11. The molecule has 1 saturated carbocycles. The van der Waals surface area contributed by atoms with Crippen molar-refractivity contribution in [3.63, 3.8) is 0 Å². The second kappa shape index (κ2) is 5.63. The van der Waals surface area contributed by atoms with E-state index in [0.717, 1.165) is 12.1 Å². The predicted molar refractivity (Wildman–Crippen MR) is 65.0 cm³/mol.